The van der Waals surface area contributed by atoms with E-state index in [9.17, 15) is 4.39 Å². The first-order valence-corrected chi connectivity index (χ1v) is 3.59. The van der Waals surface area contributed by atoms with Crippen molar-refractivity contribution in [3.63, 3.8) is 0 Å². The maximum Gasteiger partial charge on any atom is 0.135 e. The Morgan fingerprint density at radius 2 is 2.40 bits per heavy atom. The van der Waals surface area contributed by atoms with Gasteiger partial charge in [-0.1, -0.05) is 15.9 Å². The van der Waals surface area contributed by atoms with Crippen LogP contribution in [0.25, 0.3) is 0 Å². The van der Waals surface area contributed by atoms with Crippen LogP contribution in [0.5, 0.6) is 0 Å². The average molecular weight is 203 g/mol. The van der Waals surface area contributed by atoms with Crippen molar-refractivity contribution in [2.75, 3.05) is 0 Å². The van der Waals surface area contributed by atoms with Crippen LogP contribution in [0.15, 0.2) is 16.6 Å². The van der Waals surface area contributed by atoms with Crippen molar-refractivity contribution >= 4 is 15.9 Å². The monoisotopic (exact) mass is 202 g/mol. The van der Waals surface area contributed by atoms with Gasteiger partial charge >= 0.3 is 0 Å². The Morgan fingerprint density at radius 1 is 1.70 bits per heavy atom. The van der Waals surface area contributed by atoms with Gasteiger partial charge in [0.2, 0.25) is 0 Å². The number of rotatable bonds is 1. The van der Waals surface area contributed by atoms with Crippen LogP contribution in [0.1, 0.15) is 5.56 Å². The van der Waals surface area contributed by atoms with Gasteiger partial charge in [0.15, 0.2) is 0 Å². The van der Waals surface area contributed by atoms with E-state index < -0.39 is 0 Å². The summed E-state index contributed by atoms with van der Waals surface area (Å²) in [5.41, 5.74) is 5.72. The molecule has 10 heavy (non-hydrogen) atoms. The third-order valence-corrected chi connectivity index (χ3v) is 1.61. The second-order valence-corrected chi connectivity index (χ2v) is 2.78. The molecule has 0 aliphatic rings. The van der Waals surface area contributed by atoms with E-state index in [1.807, 2.05) is 0 Å². The molecule has 0 fully saturated rings. The Bertz CT molecular complexity index is 237. The highest BCUT2D eigenvalue weighted by atomic mass is 79.9. The lowest BCUT2D eigenvalue weighted by atomic mass is 10.2. The highest BCUT2D eigenvalue weighted by Gasteiger charge is 1.99. The Hall–Kier alpha value is -0.410. The van der Waals surface area contributed by atoms with E-state index in [1.165, 1.54) is 6.07 Å². The zero-order chi connectivity index (χ0) is 7.56. The van der Waals surface area contributed by atoms with Gasteiger partial charge in [-0.05, 0) is 12.1 Å². The fourth-order valence-electron chi connectivity index (χ4n) is 0.645. The van der Waals surface area contributed by atoms with E-state index in [0.717, 1.165) is 4.47 Å². The SMILES string of the molecule is NCc1cc(Br)c[c]c1F. The zero-order valence-electron chi connectivity index (χ0n) is 5.20. The van der Waals surface area contributed by atoms with Gasteiger partial charge in [0, 0.05) is 22.6 Å². The van der Waals surface area contributed by atoms with E-state index in [1.54, 1.807) is 6.07 Å². The van der Waals surface area contributed by atoms with Gasteiger partial charge in [0.05, 0.1) is 0 Å². The first-order chi connectivity index (χ1) is 4.74. The molecular weight excluding hydrogens is 197 g/mol. The summed E-state index contributed by atoms with van der Waals surface area (Å²) in [5.74, 6) is -0.370. The molecule has 0 aromatic heterocycles. The second kappa shape index (κ2) is 3.12. The predicted molar refractivity (Wildman–Crippen MR) is 40.8 cm³/mol. The normalized spacial score (nSPS) is 9.90. The summed E-state index contributed by atoms with van der Waals surface area (Å²) >= 11 is 3.18. The summed E-state index contributed by atoms with van der Waals surface area (Å²) in [5, 5.41) is 0. The molecule has 0 saturated heterocycles. The summed E-state index contributed by atoms with van der Waals surface area (Å²) in [6, 6.07) is 5.59. The van der Waals surface area contributed by atoms with Crippen LogP contribution in [-0.4, -0.2) is 0 Å². The number of nitrogens with two attached hydrogens (primary N) is 1. The largest absolute Gasteiger partial charge is 0.326 e. The maximum atomic E-state index is 12.6. The third-order valence-electron chi connectivity index (χ3n) is 1.15. The Kier molecular flexibility index (Phi) is 2.40. The molecule has 0 aliphatic heterocycles. The molecule has 1 rings (SSSR count). The Labute approximate surface area is 67.2 Å². The highest BCUT2D eigenvalue weighted by Crippen LogP contribution is 2.13. The van der Waals surface area contributed by atoms with E-state index >= 15 is 0 Å². The fourth-order valence-corrected chi connectivity index (χ4v) is 1.04. The van der Waals surface area contributed by atoms with Crippen molar-refractivity contribution in [2.24, 2.45) is 5.73 Å². The van der Waals surface area contributed by atoms with Crippen molar-refractivity contribution < 1.29 is 4.39 Å². The first kappa shape index (κ1) is 7.69. The molecule has 1 aromatic rings. The zero-order valence-corrected chi connectivity index (χ0v) is 6.78. The van der Waals surface area contributed by atoms with Gasteiger partial charge in [-0.3, -0.25) is 0 Å². The van der Waals surface area contributed by atoms with Gasteiger partial charge in [0.1, 0.15) is 5.82 Å². The molecule has 0 amide bonds. The molecule has 0 aliphatic carbocycles. The van der Waals surface area contributed by atoms with Crippen LogP contribution in [0.4, 0.5) is 4.39 Å². The van der Waals surface area contributed by atoms with Crippen LogP contribution in [0.3, 0.4) is 0 Å². The summed E-state index contributed by atoms with van der Waals surface area (Å²) in [6.07, 6.45) is 0. The predicted octanol–water partition coefficient (Wildman–Crippen LogP) is 1.85. The number of benzene rings is 1. The molecule has 0 spiro atoms. The van der Waals surface area contributed by atoms with Crippen LogP contribution < -0.4 is 5.73 Å². The summed E-state index contributed by atoms with van der Waals surface area (Å²) in [7, 11) is 0. The van der Waals surface area contributed by atoms with Crippen molar-refractivity contribution in [2.45, 2.75) is 6.54 Å². The summed E-state index contributed by atoms with van der Waals surface area (Å²) in [4.78, 5) is 0. The van der Waals surface area contributed by atoms with E-state index in [4.69, 9.17) is 5.73 Å². The highest BCUT2D eigenvalue weighted by molar-refractivity contribution is 9.10. The molecule has 0 heterocycles. The maximum absolute atomic E-state index is 12.6. The molecule has 0 saturated carbocycles. The second-order valence-electron chi connectivity index (χ2n) is 1.86. The molecule has 1 nitrogen and oxygen atoms in total. The lowest BCUT2D eigenvalue weighted by Crippen LogP contribution is -1.99. The number of hydrogen-bond acceptors (Lipinski definition) is 1. The fraction of sp³-hybridized carbons (Fsp3) is 0.143. The third kappa shape index (κ3) is 1.55. The molecule has 3 heteroatoms. The first-order valence-electron chi connectivity index (χ1n) is 2.79. The molecule has 1 aromatic carbocycles. The van der Waals surface area contributed by atoms with Crippen LogP contribution in [0.2, 0.25) is 0 Å². The minimum absolute atomic E-state index is 0.210. The average Bonchev–Trinajstić information content (AvgIpc) is 1.94. The minimum Gasteiger partial charge on any atom is -0.326 e. The van der Waals surface area contributed by atoms with Gasteiger partial charge in [-0.25, -0.2) is 4.39 Å². The quantitative estimate of drug-likeness (QED) is 0.740. The lowest BCUT2D eigenvalue weighted by Gasteiger charge is -1.97. The van der Waals surface area contributed by atoms with Crippen molar-refractivity contribution in [3.8, 4) is 0 Å². The number of halogens is 2. The molecule has 0 bridgehead atoms. The molecule has 0 atom stereocenters. The Morgan fingerprint density at radius 3 is 2.90 bits per heavy atom. The van der Waals surface area contributed by atoms with Gasteiger partial charge in [0.25, 0.3) is 0 Å². The molecule has 2 N–H and O–H groups in total. The smallest absolute Gasteiger partial charge is 0.135 e. The van der Waals surface area contributed by atoms with Crippen molar-refractivity contribution in [1.82, 2.24) is 0 Å². The minimum atomic E-state index is -0.370. The van der Waals surface area contributed by atoms with Crippen LogP contribution in [0, 0.1) is 11.9 Å². The van der Waals surface area contributed by atoms with Gasteiger partial charge < -0.3 is 5.73 Å². The molecule has 0 unspecified atom stereocenters. The molecular formula is C7H6BrFN. The molecule has 53 valence electrons. The van der Waals surface area contributed by atoms with Gasteiger partial charge in [-0.15, -0.1) is 0 Å². The molecule has 1 radical (unpaired) electrons. The lowest BCUT2D eigenvalue weighted by molar-refractivity contribution is 0.608. The number of hydrogen-bond donors (Lipinski definition) is 1. The standard InChI is InChI=1S/C7H6BrFN/c8-6-1-2-7(9)5(3-6)4-10/h1,3H,4,10H2. The van der Waals surface area contributed by atoms with Crippen LogP contribution in [-0.2, 0) is 6.54 Å². The van der Waals surface area contributed by atoms with E-state index in [0.29, 0.717) is 5.56 Å². The van der Waals surface area contributed by atoms with E-state index in [2.05, 4.69) is 22.0 Å². The topological polar surface area (TPSA) is 26.0 Å². The van der Waals surface area contributed by atoms with Crippen molar-refractivity contribution in [1.29, 1.82) is 0 Å². The van der Waals surface area contributed by atoms with Crippen molar-refractivity contribution in [3.05, 3.63) is 34.1 Å². The summed E-state index contributed by atoms with van der Waals surface area (Å²) < 4.78 is 13.4. The van der Waals surface area contributed by atoms with Crippen LogP contribution >= 0.6 is 15.9 Å². The van der Waals surface area contributed by atoms with E-state index in [-0.39, 0.29) is 12.4 Å². The summed E-state index contributed by atoms with van der Waals surface area (Å²) in [6.45, 7) is 0.210. The van der Waals surface area contributed by atoms with Gasteiger partial charge in [-0.2, -0.15) is 0 Å². The Balaban J connectivity index is 3.09.